The summed E-state index contributed by atoms with van der Waals surface area (Å²) in [5.41, 5.74) is 5.92. The van der Waals surface area contributed by atoms with Gasteiger partial charge in [0.25, 0.3) is 5.91 Å². The van der Waals surface area contributed by atoms with Crippen LogP contribution in [0.3, 0.4) is 0 Å². The van der Waals surface area contributed by atoms with Gasteiger partial charge in [-0.3, -0.25) is 4.79 Å². The van der Waals surface area contributed by atoms with Gasteiger partial charge in [-0.2, -0.15) is 4.98 Å². The van der Waals surface area contributed by atoms with Crippen LogP contribution < -0.4 is 16.4 Å². The number of nitrogens with zero attached hydrogens (tertiary/aromatic N) is 2. The molecule has 120 valence electrons. The third-order valence-corrected chi connectivity index (χ3v) is 4.75. The summed E-state index contributed by atoms with van der Waals surface area (Å²) in [5.74, 6) is 1.34. The highest BCUT2D eigenvalue weighted by Gasteiger charge is 2.38. The first-order valence-corrected chi connectivity index (χ1v) is 8.17. The average molecular weight is 303 g/mol. The Morgan fingerprint density at radius 3 is 2.82 bits per heavy atom. The summed E-state index contributed by atoms with van der Waals surface area (Å²) in [5, 5.41) is 6.75. The van der Waals surface area contributed by atoms with Crippen LogP contribution in [-0.2, 0) is 0 Å². The first kappa shape index (κ1) is 15.1. The summed E-state index contributed by atoms with van der Waals surface area (Å²) >= 11 is 0. The third-order valence-electron chi connectivity index (χ3n) is 4.75. The molecule has 0 saturated heterocycles. The number of amides is 1. The zero-order valence-corrected chi connectivity index (χ0v) is 13.4. The summed E-state index contributed by atoms with van der Waals surface area (Å²) in [6, 6.07) is 0.348. The van der Waals surface area contributed by atoms with Gasteiger partial charge < -0.3 is 16.4 Å². The number of carbonyl (C=O) groups excluding carboxylic acids is 1. The fourth-order valence-electron chi connectivity index (χ4n) is 3.07. The minimum absolute atomic E-state index is 0.102. The lowest BCUT2D eigenvalue weighted by atomic mass is 9.87. The molecule has 0 bridgehead atoms. The number of hydrogen-bond acceptors (Lipinski definition) is 5. The molecule has 2 fully saturated rings. The van der Waals surface area contributed by atoms with E-state index in [2.05, 4.69) is 34.4 Å². The molecule has 1 aromatic heterocycles. The van der Waals surface area contributed by atoms with E-state index in [0.29, 0.717) is 29.3 Å². The minimum Gasteiger partial charge on any atom is -0.366 e. The van der Waals surface area contributed by atoms with Gasteiger partial charge in [0, 0.05) is 17.8 Å². The SMILES string of the molecule is C[C@H]1CCC[C@@H](Nc2nc(NC3(C)CC3)ncc2C(N)=O)C1. The van der Waals surface area contributed by atoms with E-state index < -0.39 is 5.91 Å². The van der Waals surface area contributed by atoms with Crippen LogP contribution >= 0.6 is 0 Å². The fourth-order valence-corrected chi connectivity index (χ4v) is 3.07. The first-order chi connectivity index (χ1) is 10.5. The number of carbonyl (C=O) groups is 1. The minimum atomic E-state index is -0.490. The normalized spacial score (nSPS) is 26.3. The number of hydrogen-bond donors (Lipinski definition) is 3. The van der Waals surface area contributed by atoms with Crippen molar-refractivity contribution < 1.29 is 4.79 Å². The molecule has 2 saturated carbocycles. The molecule has 0 spiro atoms. The molecule has 2 aliphatic rings. The van der Waals surface area contributed by atoms with Crippen LogP contribution in [0.15, 0.2) is 6.20 Å². The van der Waals surface area contributed by atoms with Gasteiger partial charge in [-0.1, -0.05) is 19.8 Å². The van der Waals surface area contributed by atoms with Crippen LogP contribution in [0.1, 0.15) is 62.7 Å². The summed E-state index contributed by atoms with van der Waals surface area (Å²) < 4.78 is 0. The van der Waals surface area contributed by atoms with Crippen LogP contribution in [-0.4, -0.2) is 27.5 Å². The van der Waals surface area contributed by atoms with Crippen molar-refractivity contribution in [3.63, 3.8) is 0 Å². The lowest BCUT2D eigenvalue weighted by molar-refractivity contribution is 0.100. The number of nitrogens with two attached hydrogens (primary N) is 1. The molecule has 0 aromatic carbocycles. The number of rotatable bonds is 5. The van der Waals surface area contributed by atoms with Crippen molar-refractivity contribution in [2.75, 3.05) is 10.6 Å². The number of primary amides is 1. The van der Waals surface area contributed by atoms with Crippen LogP contribution in [0.5, 0.6) is 0 Å². The summed E-state index contributed by atoms with van der Waals surface area (Å²) in [4.78, 5) is 20.4. The van der Waals surface area contributed by atoms with Gasteiger partial charge in [-0.05, 0) is 38.5 Å². The van der Waals surface area contributed by atoms with E-state index in [1.165, 1.54) is 19.0 Å². The molecule has 1 amide bonds. The topological polar surface area (TPSA) is 92.9 Å². The predicted molar refractivity (Wildman–Crippen MR) is 86.9 cm³/mol. The molecule has 2 aliphatic carbocycles. The maximum atomic E-state index is 11.6. The molecule has 6 heteroatoms. The standard InChI is InChI=1S/C16H25N5O/c1-10-4-3-5-11(8-10)19-14-12(13(17)22)9-18-15(20-14)21-16(2)6-7-16/h9-11H,3-8H2,1-2H3,(H2,17,22)(H2,18,19,20,21)/t10-,11+/m0/s1. The Morgan fingerprint density at radius 2 is 2.18 bits per heavy atom. The highest BCUT2D eigenvalue weighted by atomic mass is 16.1. The van der Waals surface area contributed by atoms with Crippen molar-refractivity contribution in [3.8, 4) is 0 Å². The zero-order chi connectivity index (χ0) is 15.7. The molecule has 0 radical (unpaired) electrons. The van der Waals surface area contributed by atoms with Crippen molar-refractivity contribution in [2.45, 2.75) is 64.0 Å². The van der Waals surface area contributed by atoms with E-state index >= 15 is 0 Å². The third kappa shape index (κ3) is 3.48. The van der Waals surface area contributed by atoms with Gasteiger partial charge >= 0.3 is 0 Å². The first-order valence-electron chi connectivity index (χ1n) is 8.17. The van der Waals surface area contributed by atoms with Crippen molar-refractivity contribution in [3.05, 3.63) is 11.8 Å². The summed E-state index contributed by atoms with van der Waals surface area (Å²) in [6.45, 7) is 4.41. The van der Waals surface area contributed by atoms with E-state index in [9.17, 15) is 4.79 Å². The fraction of sp³-hybridized carbons (Fsp3) is 0.688. The zero-order valence-electron chi connectivity index (χ0n) is 13.4. The van der Waals surface area contributed by atoms with E-state index in [4.69, 9.17) is 5.73 Å². The van der Waals surface area contributed by atoms with Crippen molar-refractivity contribution >= 4 is 17.7 Å². The molecule has 0 unspecified atom stereocenters. The molecular weight excluding hydrogens is 278 g/mol. The predicted octanol–water partition coefficient (Wildman–Crippen LogP) is 2.53. The van der Waals surface area contributed by atoms with E-state index in [1.54, 1.807) is 0 Å². The maximum absolute atomic E-state index is 11.6. The number of nitrogens with one attached hydrogen (secondary N) is 2. The molecule has 1 heterocycles. The second-order valence-corrected chi connectivity index (χ2v) is 7.12. The molecule has 3 rings (SSSR count). The maximum Gasteiger partial charge on any atom is 0.254 e. The Labute approximate surface area is 131 Å². The Morgan fingerprint density at radius 1 is 1.41 bits per heavy atom. The number of anilines is 2. The van der Waals surface area contributed by atoms with Crippen LogP contribution in [0, 0.1) is 5.92 Å². The van der Waals surface area contributed by atoms with Crippen molar-refractivity contribution in [1.29, 1.82) is 0 Å². The molecular formula is C16H25N5O. The van der Waals surface area contributed by atoms with E-state index in [1.807, 2.05) is 0 Å². The van der Waals surface area contributed by atoms with E-state index in [0.717, 1.165) is 25.7 Å². The smallest absolute Gasteiger partial charge is 0.254 e. The summed E-state index contributed by atoms with van der Waals surface area (Å²) in [7, 11) is 0. The number of aromatic nitrogens is 2. The monoisotopic (exact) mass is 303 g/mol. The molecule has 4 N–H and O–H groups in total. The Hall–Kier alpha value is -1.85. The van der Waals surface area contributed by atoms with Crippen LogP contribution in [0.4, 0.5) is 11.8 Å². The largest absolute Gasteiger partial charge is 0.366 e. The van der Waals surface area contributed by atoms with Gasteiger partial charge in [0.15, 0.2) is 0 Å². The molecule has 6 nitrogen and oxygen atoms in total. The Bertz CT molecular complexity index is 570. The molecule has 1 aromatic rings. The summed E-state index contributed by atoms with van der Waals surface area (Å²) in [6.07, 6.45) is 8.45. The lowest BCUT2D eigenvalue weighted by Crippen LogP contribution is -2.29. The van der Waals surface area contributed by atoms with Crippen LogP contribution in [0.25, 0.3) is 0 Å². The van der Waals surface area contributed by atoms with Crippen LogP contribution in [0.2, 0.25) is 0 Å². The second kappa shape index (κ2) is 5.74. The molecule has 0 aliphatic heterocycles. The van der Waals surface area contributed by atoms with Gasteiger partial charge in [0.1, 0.15) is 5.82 Å². The second-order valence-electron chi connectivity index (χ2n) is 7.12. The Balaban J connectivity index is 1.79. The quantitative estimate of drug-likeness (QED) is 0.777. The molecule has 22 heavy (non-hydrogen) atoms. The van der Waals surface area contributed by atoms with Crippen molar-refractivity contribution in [1.82, 2.24) is 9.97 Å². The Kier molecular flexibility index (Phi) is 3.93. The van der Waals surface area contributed by atoms with Gasteiger partial charge in [0.2, 0.25) is 5.95 Å². The molecule has 2 atom stereocenters. The van der Waals surface area contributed by atoms with Crippen molar-refractivity contribution in [2.24, 2.45) is 11.7 Å². The van der Waals surface area contributed by atoms with Gasteiger partial charge in [-0.15, -0.1) is 0 Å². The average Bonchev–Trinajstić information content (AvgIpc) is 3.16. The lowest BCUT2D eigenvalue weighted by Gasteiger charge is -2.28. The highest BCUT2D eigenvalue weighted by molar-refractivity contribution is 5.97. The van der Waals surface area contributed by atoms with Gasteiger partial charge in [-0.25, -0.2) is 4.98 Å². The van der Waals surface area contributed by atoms with E-state index in [-0.39, 0.29) is 5.54 Å². The van der Waals surface area contributed by atoms with Gasteiger partial charge in [0.05, 0.1) is 5.56 Å². The highest BCUT2D eigenvalue weighted by Crippen LogP contribution is 2.37.